The second kappa shape index (κ2) is 6.77. The van der Waals surface area contributed by atoms with E-state index in [2.05, 4.69) is 10.1 Å². The Morgan fingerprint density at radius 2 is 2.20 bits per heavy atom. The minimum Gasteiger partial charge on any atom is -0.478 e. The quantitative estimate of drug-likeness (QED) is 0.713. The molecule has 3 heterocycles. The van der Waals surface area contributed by atoms with Crippen molar-refractivity contribution in [2.24, 2.45) is 0 Å². The number of rotatable bonds is 6. The Morgan fingerprint density at radius 1 is 1.44 bits per heavy atom. The van der Waals surface area contributed by atoms with Gasteiger partial charge in [-0.1, -0.05) is 5.16 Å². The summed E-state index contributed by atoms with van der Waals surface area (Å²) in [5.41, 5.74) is 1.07. The summed E-state index contributed by atoms with van der Waals surface area (Å²) in [7, 11) is 1.57. The first-order valence-electron chi connectivity index (χ1n) is 7.59. The number of hydrogen-bond acceptors (Lipinski definition) is 7. The highest BCUT2D eigenvalue weighted by molar-refractivity contribution is 7.17. The Kier molecular flexibility index (Phi) is 4.69. The van der Waals surface area contributed by atoms with Gasteiger partial charge in [-0.2, -0.15) is 0 Å². The van der Waals surface area contributed by atoms with Gasteiger partial charge >= 0.3 is 5.97 Å². The lowest BCUT2D eigenvalue weighted by atomic mass is 10.2. The van der Waals surface area contributed by atoms with Crippen LogP contribution in [0.3, 0.4) is 0 Å². The van der Waals surface area contributed by atoms with Gasteiger partial charge < -0.3 is 14.4 Å². The van der Waals surface area contributed by atoms with Crippen LogP contribution in [0.5, 0.6) is 0 Å². The fraction of sp³-hybridized carbons (Fsp3) is 0.375. The van der Waals surface area contributed by atoms with E-state index in [1.165, 1.54) is 9.95 Å². The van der Waals surface area contributed by atoms with E-state index in [-0.39, 0.29) is 23.1 Å². The first-order chi connectivity index (χ1) is 11.9. The molecule has 0 unspecified atom stereocenters. The molecule has 0 amide bonds. The Bertz CT molecular complexity index is 982. The first-order valence-corrected chi connectivity index (χ1v) is 8.46. The highest BCUT2D eigenvalue weighted by atomic mass is 32.1. The predicted molar refractivity (Wildman–Crippen MR) is 91.5 cm³/mol. The number of aryl methyl sites for hydroxylation is 2. The molecule has 0 aromatic carbocycles. The van der Waals surface area contributed by atoms with Crippen LogP contribution in [0.1, 0.15) is 33.2 Å². The van der Waals surface area contributed by atoms with E-state index in [0.29, 0.717) is 35.1 Å². The van der Waals surface area contributed by atoms with Gasteiger partial charge in [0.1, 0.15) is 16.4 Å². The number of hydrogen-bond donors (Lipinski definition) is 1. The zero-order valence-electron chi connectivity index (χ0n) is 14.0. The smallest absolute Gasteiger partial charge is 0.337 e. The van der Waals surface area contributed by atoms with Crippen molar-refractivity contribution in [1.82, 2.24) is 14.7 Å². The van der Waals surface area contributed by atoms with Crippen molar-refractivity contribution in [3.63, 3.8) is 0 Å². The molecule has 0 saturated carbocycles. The summed E-state index contributed by atoms with van der Waals surface area (Å²) in [6.45, 7) is 4.19. The zero-order valence-corrected chi connectivity index (χ0v) is 14.8. The molecule has 3 aromatic heterocycles. The molecule has 0 aliphatic carbocycles. The van der Waals surface area contributed by atoms with Gasteiger partial charge in [0.05, 0.1) is 29.8 Å². The van der Waals surface area contributed by atoms with Gasteiger partial charge in [-0.15, -0.1) is 11.3 Å². The molecule has 0 spiro atoms. The van der Waals surface area contributed by atoms with Crippen LogP contribution in [0.15, 0.2) is 14.7 Å². The molecule has 0 saturated heterocycles. The summed E-state index contributed by atoms with van der Waals surface area (Å²) < 4.78 is 11.7. The van der Waals surface area contributed by atoms with E-state index < -0.39 is 5.97 Å². The van der Waals surface area contributed by atoms with Crippen LogP contribution in [0.2, 0.25) is 0 Å². The molecule has 132 valence electrons. The van der Waals surface area contributed by atoms with Crippen LogP contribution in [0, 0.1) is 13.8 Å². The van der Waals surface area contributed by atoms with Gasteiger partial charge in [-0.05, 0) is 13.8 Å². The van der Waals surface area contributed by atoms with Gasteiger partial charge in [-0.25, -0.2) is 9.78 Å². The largest absolute Gasteiger partial charge is 0.478 e. The van der Waals surface area contributed by atoms with Crippen molar-refractivity contribution in [3.05, 3.63) is 44.1 Å². The maximum atomic E-state index is 13.0. The van der Waals surface area contributed by atoms with Crippen LogP contribution in [-0.2, 0) is 17.7 Å². The summed E-state index contributed by atoms with van der Waals surface area (Å²) in [4.78, 5) is 29.4. The van der Waals surface area contributed by atoms with Crippen molar-refractivity contribution in [2.75, 3.05) is 13.7 Å². The second-order valence-corrected chi connectivity index (χ2v) is 6.46. The molecule has 0 atom stereocenters. The fourth-order valence-corrected chi connectivity index (χ4v) is 3.58. The predicted octanol–water partition coefficient (Wildman–Crippen LogP) is 2.00. The van der Waals surface area contributed by atoms with Crippen molar-refractivity contribution >= 4 is 27.5 Å². The summed E-state index contributed by atoms with van der Waals surface area (Å²) >= 11 is 1.15. The normalized spacial score (nSPS) is 11.3. The molecule has 3 aromatic rings. The van der Waals surface area contributed by atoms with Crippen LogP contribution in [0.4, 0.5) is 0 Å². The number of fused-ring (bicyclic) bond motifs is 1. The summed E-state index contributed by atoms with van der Waals surface area (Å²) in [5.74, 6) is 0.0165. The molecule has 1 N–H and O–H groups in total. The number of aromatic carboxylic acids is 1. The third-order valence-corrected chi connectivity index (χ3v) is 4.90. The number of carbonyl (C=O) groups is 1. The Morgan fingerprint density at radius 3 is 2.80 bits per heavy atom. The van der Waals surface area contributed by atoms with Gasteiger partial charge in [0.2, 0.25) is 0 Å². The van der Waals surface area contributed by atoms with E-state index in [1.54, 1.807) is 21.0 Å². The van der Waals surface area contributed by atoms with E-state index in [1.807, 2.05) is 0 Å². The Balaban J connectivity index is 2.22. The molecule has 0 aliphatic heterocycles. The maximum Gasteiger partial charge on any atom is 0.337 e. The van der Waals surface area contributed by atoms with Crippen molar-refractivity contribution in [2.45, 2.75) is 26.8 Å². The number of thiophene rings is 1. The topological polar surface area (TPSA) is 107 Å². The summed E-state index contributed by atoms with van der Waals surface area (Å²) in [6.07, 6.45) is 0.436. The second-order valence-electron chi connectivity index (χ2n) is 5.60. The average molecular weight is 363 g/mol. The number of ether oxygens (including phenoxy) is 1. The highest BCUT2D eigenvalue weighted by Crippen LogP contribution is 2.23. The molecule has 0 bridgehead atoms. The minimum absolute atomic E-state index is 0.0247. The molecule has 0 radical (unpaired) electrons. The standard InChI is InChI=1S/C16H17N3O5S/c1-8-10(9(2)24-18-8)6-19-12(4-5-23-3)17-14-13(15(19)20)11(7-25-14)16(21)22/h7H,4-6H2,1-3H3,(H,21,22). The third kappa shape index (κ3) is 3.08. The number of methoxy groups -OCH3 is 1. The lowest BCUT2D eigenvalue weighted by molar-refractivity contribution is 0.0699. The van der Waals surface area contributed by atoms with Gasteiger partial charge in [0, 0.05) is 24.5 Å². The fourth-order valence-electron chi connectivity index (χ4n) is 2.66. The number of nitrogens with zero attached hydrogens (tertiary/aromatic N) is 3. The van der Waals surface area contributed by atoms with Gasteiger partial charge in [-0.3, -0.25) is 9.36 Å². The van der Waals surface area contributed by atoms with Crippen LogP contribution < -0.4 is 5.56 Å². The molecule has 8 nitrogen and oxygen atoms in total. The summed E-state index contributed by atoms with van der Waals surface area (Å²) in [5, 5.41) is 14.8. The van der Waals surface area contributed by atoms with Crippen LogP contribution in [0.25, 0.3) is 10.2 Å². The number of aromatic nitrogens is 3. The third-order valence-electron chi connectivity index (χ3n) is 4.03. The molecule has 3 rings (SSSR count). The molecule has 0 aliphatic rings. The lowest BCUT2D eigenvalue weighted by Gasteiger charge is -2.12. The van der Waals surface area contributed by atoms with E-state index in [9.17, 15) is 14.7 Å². The SMILES string of the molecule is COCCc1nc2scc(C(=O)O)c2c(=O)n1Cc1c(C)noc1C. The van der Waals surface area contributed by atoms with E-state index in [0.717, 1.165) is 16.9 Å². The number of carboxylic acid groups (broad SMARTS) is 1. The van der Waals surface area contributed by atoms with E-state index >= 15 is 0 Å². The maximum absolute atomic E-state index is 13.0. The molecule has 0 fully saturated rings. The zero-order chi connectivity index (χ0) is 18.1. The number of carboxylic acids is 1. The Labute approximate surface area is 146 Å². The van der Waals surface area contributed by atoms with Crippen LogP contribution >= 0.6 is 11.3 Å². The average Bonchev–Trinajstić information content (AvgIpc) is 3.13. The van der Waals surface area contributed by atoms with Gasteiger partial charge in [0.15, 0.2) is 0 Å². The lowest BCUT2D eigenvalue weighted by Crippen LogP contribution is -2.27. The van der Waals surface area contributed by atoms with Gasteiger partial charge in [0.25, 0.3) is 5.56 Å². The monoisotopic (exact) mass is 363 g/mol. The molecule has 25 heavy (non-hydrogen) atoms. The van der Waals surface area contributed by atoms with Crippen molar-refractivity contribution < 1.29 is 19.2 Å². The van der Waals surface area contributed by atoms with Crippen molar-refractivity contribution in [3.8, 4) is 0 Å². The Hall–Kier alpha value is -2.52. The van der Waals surface area contributed by atoms with E-state index in [4.69, 9.17) is 9.26 Å². The molecular formula is C16H17N3O5S. The van der Waals surface area contributed by atoms with Crippen LogP contribution in [-0.4, -0.2) is 39.5 Å². The first kappa shape index (κ1) is 17.3. The summed E-state index contributed by atoms with van der Waals surface area (Å²) in [6, 6.07) is 0. The highest BCUT2D eigenvalue weighted by Gasteiger charge is 2.21. The molecular weight excluding hydrogens is 346 g/mol. The van der Waals surface area contributed by atoms with Crippen molar-refractivity contribution in [1.29, 1.82) is 0 Å². The minimum atomic E-state index is -1.14. The molecule has 9 heteroatoms.